The lowest BCUT2D eigenvalue weighted by atomic mass is 9.97. The number of imide groups is 1. The fourth-order valence-corrected chi connectivity index (χ4v) is 4.13. The van der Waals surface area contributed by atoms with Gasteiger partial charge in [0.1, 0.15) is 11.4 Å². The van der Waals surface area contributed by atoms with E-state index >= 15 is 0 Å². The number of amides is 3. The number of carbonyl (C=O) groups is 3. The maximum Gasteiger partial charge on any atom is 0.332 e. The van der Waals surface area contributed by atoms with Gasteiger partial charge in [-0.1, -0.05) is 54.6 Å². The number of hydrogen-bond acceptors (Lipinski definition) is 3. The van der Waals surface area contributed by atoms with E-state index < -0.39 is 29.1 Å². The number of Topliss-reactive ketones (excluding diaryl/α,β-unsaturated/α-hetero) is 1. The first-order valence-corrected chi connectivity index (χ1v) is 10.8. The monoisotopic (exact) mass is 444 g/mol. The third-order valence-electron chi connectivity index (χ3n) is 6.10. The topological polar surface area (TPSA) is 57.7 Å². The van der Waals surface area contributed by atoms with Gasteiger partial charge >= 0.3 is 6.03 Å². The summed E-state index contributed by atoms with van der Waals surface area (Å²) in [4.78, 5) is 40.7. The number of halogens is 1. The minimum atomic E-state index is -1.12. The highest BCUT2D eigenvalue weighted by molar-refractivity contribution is 6.23. The van der Waals surface area contributed by atoms with Crippen molar-refractivity contribution in [2.45, 2.75) is 39.3 Å². The molecule has 1 saturated heterocycles. The quantitative estimate of drug-likeness (QED) is 0.380. The number of anilines is 1. The molecule has 3 aromatic carbocycles. The zero-order valence-electron chi connectivity index (χ0n) is 18.8. The fourth-order valence-electron chi connectivity index (χ4n) is 4.13. The lowest BCUT2D eigenvalue weighted by Gasteiger charge is -2.28. The Kier molecular flexibility index (Phi) is 5.85. The molecular formula is C27H25FN2O3. The number of hydrogen-bond donors (Lipinski definition) is 0. The molecule has 3 aromatic rings. The summed E-state index contributed by atoms with van der Waals surface area (Å²) in [6.07, 6.45) is 0.703. The summed E-state index contributed by atoms with van der Waals surface area (Å²) in [7, 11) is 0. The summed E-state index contributed by atoms with van der Waals surface area (Å²) >= 11 is 0. The first kappa shape index (κ1) is 22.4. The molecule has 6 heteroatoms. The number of urea groups is 1. The van der Waals surface area contributed by atoms with E-state index in [0.717, 1.165) is 27.7 Å². The van der Waals surface area contributed by atoms with Crippen molar-refractivity contribution in [2.75, 3.05) is 4.90 Å². The molecule has 33 heavy (non-hydrogen) atoms. The van der Waals surface area contributed by atoms with Crippen LogP contribution >= 0.6 is 0 Å². The van der Waals surface area contributed by atoms with Crippen molar-refractivity contribution in [3.05, 3.63) is 101 Å². The highest BCUT2D eigenvalue weighted by Crippen LogP contribution is 2.34. The van der Waals surface area contributed by atoms with Crippen molar-refractivity contribution in [3.8, 4) is 0 Å². The van der Waals surface area contributed by atoms with Gasteiger partial charge in [0.25, 0.3) is 5.91 Å². The minimum Gasteiger partial charge on any atom is -0.305 e. The Morgan fingerprint density at radius 1 is 0.909 bits per heavy atom. The highest BCUT2D eigenvalue weighted by atomic mass is 19.1. The van der Waals surface area contributed by atoms with Crippen LogP contribution in [0.4, 0.5) is 14.9 Å². The molecule has 168 valence electrons. The number of ketones is 1. The molecule has 1 fully saturated rings. The summed E-state index contributed by atoms with van der Waals surface area (Å²) in [5.74, 6) is -1.62. The minimum absolute atomic E-state index is 0.0798. The molecule has 0 spiro atoms. The predicted octanol–water partition coefficient (Wildman–Crippen LogP) is 5.37. The second-order valence-electron chi connectivity index (χ2n) is 8.72. The van der Waals surface area contributed by atoms with Crippen LogP contribution in [0.3, 0.4) is 0 Å². The zero-order chi connectivity index (χ0) is 23.8. The van der Waals surface area contributed by atoms with E-state index in [2.05, 4.69) is 0 Å². The molecular weight excluding hydrogens is 419 g/mol. The van der Waals surface area contributed by atoms with Crippen LogP contribution in [0.5, 0.6) is 0 Å². The van der Waals surface area contributed by atoms with E-state index in [1.165, 1.54) is 24.0 Å². The Labute approximate surface area is 192 Å². The lowest BCUT2D eigenvalue weighted by Crippen LogP contribution is -2.43. The van der Waals surface area contributed by atoms with E-state index in [9.17, 15) is 18.8 Å². The second kappa shape index (κ2) is 8.62. The van der Waals surface area contributed by atoms with E-state index in [1.807, 2.05) is 54.6 Å². The van der Waals surface area contributed by atoms with Crippen LogP contribution in [0, 0.1) is 5.82 Å². The van der Waals surface area contributed by atoms with Crippen molar-refractivity contribution in [1.29, 1.82) is 0 Å². The molecule has 3 amide bonds. The molecule has 5 nitrogen and oxygen atoms in total. The van der Waals surface area contributed by atoms with E-state index in [4.69, 9.17) is 0 Å². The fraction of sp³-hybridized carbons (Fsp3) is 0.222. The van der Waals surface area contributed by atoms with E-state index in [1.54, 1.807) is 13.8 Å². The number of rotatable bonds is 6. The molecule has 0 atom stereocenters. The van der Waals surface area contributed by atoms with Gasteiger partial charge in [-0.15, -0.1) is 0 Å². The molecule has 0 unspecified atom stereocenters. The first-order chi connectivity index (χ1) is 15.7. The van der Waals surface area contributed by atoms with Crippen LogP contribution in [-0.4, -0.2) is 28.2 Å². The molecule has 0 bridgehead atoms. The Morgan fingerprint density at radius 3 is 2.18 bits per heavy atom. The van der Waals surface area contributed by atoms with Crippen LogP contribution in [0.1, 0.15) is 47.8 Å². The first-order valence-electron chi connectivity index (χ1n) is 10.8. The van der Waals surface area contributed by atoms with Crippen LogP contribution in [-0.2, 0) is 17.8 Å². The summed E-state index contributed by atoms with van der Waals surface area (Å²) in [6.45, 7) is 4.88. The Balaban J connectivity index is 1.65. The van der Waals surface area contributed by atoms with Crippen molar-refractivity contribution in [3.63, 3.8) is 0 Å². The van der Waals surface area contributed by atoms with Gasteiger partial charge in [0.05, 0.1) is 11.3 Å². The molecule has 0 radical (unpaired) electrons. The van der Waals surface area contributed by atoms with Gasteiger partial charge in [0.2, 0.25) is 0 Å². The maximum atomic E-state index is 14.4. The van der Waals surface area contributed by atoms with Crippen molar-refractivity contribution in [1.82, 2.24) is 4.90 Å². The molecule has 0 aromatic heterocycles. The number of carbonyl (C=O) groups excluding carboxylic acids is 3. The van der Waals surface area contributed by atoms with Crippen LogP contribution in [0.15, 0.2) is 72.8 Å². The van der Waals surface area contributed by atoms with Crippen LogP contribution in [0.2, 0.25) is 0 Å². The Bertz CT molecular complexity index is 1240. The summed E-state index contributed by atoms with van der Waals surface area (Å²) in [5.41, 5.74) is 2.07. The third-order valence-corrected chi connectivity index (χ3v) is 6.10. The molecule has 1 heterocycles. The molecule has 4 rings (SSSR count). The molecule has 1 aliphatic rings. The zero-order valence-corrected chi connectivity index (χ0v) is 18.8. The average molecular weight is 445 g/mol. The Hall–Kier alpha value is -3.80. The van der Waals surface area contributed by atoms with Gasteiger partial charge in [-0.25, -0.2) is 14.1 Å². The van der Waals surface area contributed by atoms with Gasteiger partial charge in [0, 0.05) is 6.54 Å². The van der Waals surface area contributed by atoms with Gasteiger partial charge in [-0.05, 0) is 62.1 Å². The number of nitrogens with zero attached hydrogens (tertiary/aromatic N) is 2. The van der Waals surface area contributed by atoms with Crippen LogP contribution in [0.25, 0.3) is 0 Å². The predicted molar refractivity (Wildman–Crippen MR) is 125 cm³/mol. The largest absolute Gasteiger partial charge is 0.332 e. The SMILES string of the molecule is CC(=O)c1ccc(N2C(=O)N(Cc3ccccc3Cc3ccccc3)C(C)(C)C2=O)cc1F. The van der Waals surface area contributed by atoms with Crippen molar-refractivity contribution < 1.29 is 18.8 Å². The van der Waals surface area contributed by atoms with Crippen molar-refractivity contribution >= 4 is 23.4 Å². The lowest BCUT2D eigenvalue weighted by molar-refractivity contribution is -0.123. The standard InChI is InChI=1S/C27H25FN2O3/c1-18(31)23-14-13-22(16-24(23)28)30-25(32)27(2,3)29(26(30)33)17-21-12-8-7-11-20(21)15-19-9-5-4-6-10-19/h4-14,16H,15,17H2,1-3H3. The summed E-state index contributed by atoms with van der Waals surface area (Å²) in [6, 6.07) is 21.1. The highest BCUT2D eigenvalue weighted by Gasteiger charge is 2.52. The normalized spacial score (nSPS) is 15.3. The average Bonchev–Trinajstić information content (AvgIpc) is 2.94. The van der Waals surface area contributed by atoms with Gasteiger partial charge in [-0.3, -0.25) is 9.59 Å². The maximum absolute atomic E-state index is 14.4. The number of benzene rings is 3. The van der Waals surface area contributed by atoms with E-state index in [-0.39, 0.29) is 17.8 Å². The van der Waals surface area contributed by atoms with Gasteiger partial charge < -0.3 is 4.90 Å². The molecule has 0 saturated carbocycles. The van der Waals surface area contributed by atoms with Crippen molar-refractivity contribution in [2.24, 2.45) is 0 Å². The molecule has 0 N–H and O–H groups in total. The molecule has 1 aliphatic heterocycles. The van der Waals surface area contributed by atoms with Crippen LogP contribution < -0.4 is 4.90 Å². The van der Waals surface area contributed by atoms with E-state index in [0.29, 0.717) is 6.42 Å². The Morgan fingerprint density at radius 2 is 1.55 bits per heavy atom. The second-order valence-corrected chi connectivity index (χ2v) is 8.72. The third kappa shape index (κ3) is 4.16. The smallest absolute Gasteiger partial charge is 0.305 e. The van der Waals surface area contributed by atoms with Gasteiger partial charge in [0.15, 0.2) is 5.78 Å². The van der Waals surface area contributed by atoms with Gasteiger partial charge in [-0.2, -0.15) is 0 Å². The summed E-state index contributed by atoms with van der Waals surface area (Å²) in [5, 5.41) is 0. The summed E-state index contributed by atoms with van der Waals surface area (Å²) < 4.78 is 14.4. The molecule has 0 aliphatic carbocycles.